The second-order valence-corrected chi connectivity index (χ2v) is 5.32. The molecule has 2 rings (SSSR count). The van der Waals surface area contributed by atoms with E-state index >= 15 is 0 Å². The number of fused-ring (bicyclic) bond motifs is 1. The maximum absolute atomic E-state index is 2.48. The molecule has 0 bridgehead atoms. The summed E-state index contributed by atoms with van der Waals surface area (Å²) in [7, 11) is 0. The van der Waals surface area contributed by atoms with Gasteiger partial charge in [-0.15, -0.1) is 0 Å². The Balaban J connectivity index is 1.97. The van der Waals surface area contributed by atoms with Crippen LogP contribution in [-0.4, -0.2) is 0 Å². The summed E-state index contributed by atoms with van der Waals surface area (Å²) in [5.41, 5.74) is 0. The molecule has 0 aromatic rings. The SMILES string of the molecule is CCC(C(C)C)C1C(C)C2CC21. The molecule has 0 amide bonds. The van der Waals surface area contributed by atoms with Gasteiger partial charge in [-0.2, -0.15) is 0 Å². The molecule has 2 aliphatic carbocycles. The largest absolute Gasteiger partial charge is 0.0651 e. The molecule has 5 unspecified atom stereocenters. The monoisotopic (exact) mass is 166 g/mol. The lowest BCUT2D eigenvalue weighted by Crippen LogP contribution is -2.36. The molecular weight excluding hydrogens is 144 g/mol. The van der Waals surface area contributed by atoms with Gasteiger partial charge in [0.1, 0.15) is 0 Å². The second kappa shape index (κ2) is 2.75. The number of hydrogen-bond acceptors (Lipinski definition) is 0. The summed E-state index contributed by atoms with van der Waals surface area (Å²) in [4.78, 5) is 0. The van der Waals surface area contributed by atoms with Crippen LogP contribution in [0.25, 0.3) is 0 Å². The average Bonchev–Trinajstić information content (AvgIpc) is 2.74. The Bertz CT molecular complexity index is 169. The van der Waals surface area contributed by atoms with Gasteiger partial charge in [0.15, 0.2) is 0 Å². The van der Waals surface area contributed by atoms with Crippen molar-refractivity contribution in [3.63, 3.8) is 0 Å². The van der Waals surface area contributed by atoms with Gasteiger partial charge >= 0.3 is 0 Å². The van der Waals surface area contributed by atoms with Crippen LogP contribution in [0.4, 0.5) is 0 Å². The van der Waals surface area contributed by atoms with Crippen molar-refractivity contribution in [1.29, 1.82) is 0 Å². The van der Waals surface area contributed by atoms with Crippen LogP contribution < -0.4 is 0 Å². The molecule has 0 spiro atoms. The van der Waals surface area contributed by atoms with Gasteiger partial charge in [0.2, 0.25) is 0 Å². The van der Waals surface area contributed by atoms with Crippen molar-refractivity contribution < 1.29 is 0 Å². The van der Waals surface area contributed by atoms with E-state index in [0.29, 0.717) is 0 Å². The number of rotatable bonds is 3. The lowest BCUT2D eigenvalue weighted by molar-refractivity contribution is 0.0697. The first-order chi connectivity index (χ1) is 5.66. The van der Waals surface area contributed by atoms with Gasteiger partial charge in [-0.3, -0.25) is 0 Å². The Labute approximate surface area is 76.7 Å². The van der Waals surface area contributed by atoms with Crippen LogP contribution in [0.15, 0.2) is 0 Å². The van der Waals surface area contributed by atoms with E-state index in [0.717, 1.165) is 35.5 Å². The molecule has 0 aromatic heterocycles. The Hall–Kier alpha value is 0. The molecular formula is C12H22. The van der Waals surface area contributed by atoms with Crippen LogP contribution in [0.3, 0.4) is 0 Å². The Morgan fingerprint density at radius 3 is 2.25 bits per heavy atom. The molecule has 0 nitrogen and oxygen atoms in total. The van der Waals surface area contributed by atoms with Crippen molar-refractivity contribution in [1.82, 2.24) is 0 Å². The van der Waals surface area contributed by atoms with E-state index in [-0.39, 0.29) is 0 Å². The molecule has 0 N–H and O–H groups in total. The smallest absolute Gasteiger partial charge is 0.0324 e. The maximum Gasteiger partial charge on any atom is -0.0324 e. The fourth-order valence-corrected chi connectivity index (χ4v) is 3.71. The van der Waals surface area contributed by atoms with Gasteiger partial charge in [-0.05, 0) is 41.9 Å². The molecule has 2 aliphatic rings. The fraction of sp³-hybridized carbons (Fsp3) is 1.00. The van der Waals surface area contributed by atoms with E-state index in [1.165, 1.54) is 6.42 Å². The highest BCUT2D eigenvalue weighted by Crippen LogP contribution is 2.67. The molecule has 5 atom stereocenters. The van der Waals surface area contributed by atoms with Gasteiger partial charge in [0.05, 0.1) is 0 Å². The normalized spacial score (nSPS) is 46.8. The molecule has 0 heteroatoms. The highest BCUT2D eigenvalue weighted by molar-refractivity contribution is 5.09. The second-order valence-electron chi connectivity index (χ2n) is 5.32. The standard InChI is InChI=1S/C12H22/c1-5-9(7(2)3)12-8(4)10-6-11(10)12/h7-12H,5-6H2,1-4H3. The minimum absolute atomic E-state index is 0.906. The molecule has 0 radical (unpaired) electrons. The van der Waals surface area contributed by atoms with Gasteiger partial charge in [-0.25, -0.2) is 0 Å². The van der Waals surface area contributed by atoms with Crippen LogP contribution in [0.1, 0.15) is 40.5 Å². The Morgan fingerprint density at radius 2 is 1.92 bits per heavy atom. The van der Waals surface area contributed by atoms with Crippen molar-refractivity contribution in [2.45, 2.75) is 40.5 Å². The summed E-state index contributed by atoms with van der Waals surface area (Å²) < 4.78 is 0. The maximum atomic E-state index is 2.48. The van der Waals surface area contributed by atoms with E-state index in [4.69, 9.17) is 0 Å². The van der Waals surface area contributed by atoms with Crippen molar-refractivity contribution >= 4 is 0 Å². The number of hydrogen-bond donors (Lipinski definition) is 0. The quantitative estimate of drug-likeness (QED) is 0.601. The molecule has 0 aromatic carbocycles. The third-order valence-corrected chi connectivity index (χ3v) is 4.49. The third-order valence-electron chi connectivity index (χ3n) is 4.49. The van der Waals surface area contributed by atoms with Crippen molar-refractivity contribution in [3.05, 3.63) is 0 Å². The lowest BCUT2D eigenvalue weighted by Gasteiger charge is -2.41. The first-order valence-corrected chi connectivity index (χ1v) is 5.66. The molecule has 0 saturated heterocycles. The average molecular weight is 166 g/mol. The summed E-state index contributed by atoms with van der Waals surface area (Å²) in [6, 6.07) is 0. The fourth-order valence-electron chi connectivity index (χ4n) is 3.71. The zero-order valence-corrected chi connectivity index (χ0v) is 8.88. The third kappa shape index (κ3) is 1.03. The van der Waals surface area contributed by atoms with E-state index in [9.17, 15) is 0 Å². The van der Waals surface area contributed by atoms with Crippen LogP contribution >= 0.6 is 0 Å². The lowest BCUT2D eigenvalue weighted by atomic mass is 9.64. The molecule has 2 fully saturated rings. The van der Waals surface area contributed by atoms with Gasteiger partial charge in [0.25, 0.3) is 0 Å². The van der Waals surface area contributed by atoms with Crippen molar-refractivity contribution in [3.8, 4) is 0 Å². The van der Waals surface area contributed by atoms with Crippen LogP contribution in [0.5, 0.6) is 0 Å². The van der Waals surface area contributed by atoms with E-state index in [2.05, 4.69) is 27.7 Å². The van der Waals surface area contributed by atoms with Crippen LogP contribution in [-0.2, 0) is 0 Å². The van der Waals surface area contributed by atoms with E-state index in [1.807, 2.05) is 0 Å². The Morgan fingerprint density at radius 1 is 1.25 bits per heavy atom. The van der Waals surface area contributed by atoms with Gasteiger partial charge in [0, 0.05) is 0 Å². The molecule has 0 heterocycles. The molecule has 70 valence electrons. The zero-order chi connectivity index (χ0) is 8.88. The van der Waals surface area contributed by atoms with Crippen LogP contribution in [0.2, 0.25) is 0 Å². The highest BCUT2D eigenvalue weighted by atomic mass is 14.7. The summed E-state index contributed by atoms with van der Waals surface area (Å²) in [6.07, 6.45) is 2.96. The Kier molecular flexibility index (Phi) is 1.97. The minimum Gasteiger partial charge on any atom is -0.0651 e. The van der Waals surface area contributed by atoms with Crippen molar-refractivity contribution in [2.24, 2.45) is 35.5 Å². The van der Waals surface area contributed by atoms with E-state index < -0.39 is 0 Å². The predicted octanol–water partition coefficient (Wildman–Crippen LogP) is 3.57. The summed E-state index contributed by atoms with van der Waals surface area (Å²) in [5.74, 6) is 6.39. The van der Waals surface area contributed by atoms with Crippen molar-refractivity contribution in [2.75, 3.05) is 0 Å². The first kappa shape index (κ1) is 8.59. The van der Waals surface area contributed by atoms with E-state index in [1.54, 1.807) is 6.42 Å². The van der Waals surface area contributed by atoms with Gasteiger partial charge in [-0.1, -0.05) is 34.1 Å². The summed E-state index contributed by atoms with van der Waals surface area (Å²) >= 11 is 0. The van der Waals surface area contributed by atoms with Crippen LogP contribution in [0, 0.1) is 35.5 Å². The highest BCUT2D eigenvalue weighted by Gasteiger charge is 2.60. The predicted molar refractivity (Wildman–Crippen MR) is 52.9 cm³/mol. The van der Waals surface area contributed by atoms with Gasteiger partial charge < -0.3 is 0 Å². The topological polar surface area (TPSA) is 0 Å². The minimum atomic E-state index is 0.906. The molecule has 12 heavy (non-hydrogen) atoms. The summed E-state index contributed by atoms with van der Waals surface area (Å²) in [6.45, 7) is 9.64. The summed E-state index contributed by atoms with van der Waals surface area (Å²) in [5, 5.41) is 0. The molecule has 2 saturated carbocycles. The molecule has 0 aliphatic heterocycles. The first-order valence-electron chi connectivity index (χ1n) is 5.66. The zero-order valence-electron chi connectivity index (χ0n) is 8.88.